The first-order valence-corrected chi connectivity index (χ1v) is 5.25. The van der Waals surface area contributed by atoms with Crippen LogP contribution in [0.4, 0.5) is 0 Å². The van der Waals surface area contributed by atoms with Gasteiger partial charge in [0.05, 0.1) is 0 Å². The Morgan fingerprint density at radius 1 is 1.38 bits per heavy atom. The fourth-order valence-electron chi connectivity index (χ4n) is 1.15. The van der Waals surface area contributed by atoms with Crippen molar-refractivity contribution in [2.24, 2.45) is 5.73 Å². The van der Waals surface area contributed by atoms with Crippen molar-refractivity contribution >= 4 is 0 Å². The Hall–Kier alpha value is -0.340. The van der Waals surface area contributed by atoms with E-state index in [1.807, 2.05) is 6.08 Å². The van der Waals surface area contributed by atoms with Crippen LogP contribution in [0.2, 0.25) is 0 Å². The van der Waals surface area contributed by atoms with E-state index in [4.69, 9.17) is 10.5 Å². The molecule has 13 heavy (non-hydrogen) atoms. The molecule has 1 atom stereocenters. The first-order chi connectivity index (χ1) is 6.31. The van der Waals surface area contributed by atoms with Gasteiger partial charge >= 0.3 is 0 Å². The Bertz CT molecular complexity index is 115. The zero-order valence-corrected chi connectivity index (χ0v) is 8.80. The maximum Gasteiger partial charge on any atom is 0.0480 e. The van der Waals surface area contributed by atoms with Crippen molar-refractivity contribution in [2.75, 3.05) is 13.2 Å². The molecule has 0 amide bonds. The van der Waals surface area contributed by atoms with Crippen molar-refractivity contribution in [3.05, 3.63) is 12.7 Å². The Labute approximate surface area is 82.2 Å². The van der Waals surface area contributed by atoms with Crippen LogP contribution in [0.5, 0.6) is 0 Å². The summed E-state index contributed by atoms with van der Waals surface area (Å²) in [4.78, 5) is 0. The molecule has 0 aliphatic heterocycles. The molecule has 0 spiro atoms. The van der Waals surface area contributed by atoms with Crippen LogP contribution >= 0.6 is 0 Å². The normalized spacial score (nSPS) is 12.8. The largest absolute Gasteiger partial charge is 0.381 e. The van der Waals surface area contributed by atoms with E-state index >= 15 is 0 Å². The summed E-state index contributed by atoms with van der Waals surface area (Å²) in [7, 11) is 0. The lowest BCUT2D eigenvalue weighted by Gasteiger charge is -2.10. The third-order valence-electron chi connectivity index (χ3n) is 1.96. The van der Waals surface area contributed by atoms with Crippen LogP contribution in [-0.4, -0.2) is 19.3 Å². The SMILES string of the molecule is C=CCCCC(N)CCOCCC. The minimum Gasteiger partial charge on any atom is -0.381 e. The van der Waals surface area contributed by atoms with E-state index in [2.05, 4.69) is 13.5 Å². The maximum atomic E-state index is 5.88. The second-order valence-electron chi connectivity index (χ2n) is 3.38. The number of hydrogen-bond donors (Lipinski definition) is 1. The van der Waals surface area contributed by atoms with Crippen LogP contribution in [0.15, 0.2) is 12.7 Å². The van der Waals surface area contributed by atoms with Crippen molar-refractivity contribution in [1.29, 1.82) is 0 Å². The molecule has 0 saturated carbocycles. The van der Waals surface area contributed by atoms with E-state index < -0.39 is 0 Å². The Morgan fingerprint density at radius 3 is 2.77 bits per heavy atom. The van der Waals surface area contributed by atoms with Gasteiger partial charge in [-0.3, -0.25) is 0 Å². The van der Waals surface area contributed by atoms with Crippen molar-refractivity contribution in [3.8, 4) is 0 Å². The summed E-state index contributed by atoms with van der Waals surface area (Å²) in [6, 6.07) is 0.303. The van der Waals surface area contributed by atoms with Crippen LogP contribution in [-0.2, 0) is 4.74 Å². The van der Waals surface area contributed by atoms with E-state index in [0.29, 0.717) is 6.04 Å². The molecule has 0 heterocycles. The fraction of sp³-hybridized carbons (Fsp3) is 0.818. The summed E-state index contributed by atoms with van der Waals surface area (Å²) >= 11 is 0. The summed E-state index contributed by atoms with van der Waals surface area (Å²) < 4.78 is 5.36. The van der Waals surface area contributed by atoms with Gasteiger partial charge in [-0.05, 0) is 32.1 Å². The zero-order chi connectivity index (χ0) is 9.94. The summed E-state index contributed by atoms with van der Waals surface area (Å²) in [6.07, 6.45) is 7.33. The Balaban J connectivity index is 3.09. The number of unbranched alkanes of at least 4 members (excludes halogenated alkanes) is 1. The predicted molar refractivity (Wildman–Crippen MR) is 57.8 cm³/mol. The third kappa shape index (κ3) is 9.57. The van der Waals surface area contributed by atoms with E-state index in [-0.39, 0.29) is 0 Å². The van der Waals surface area contributed by atoms with E-state index in [1.54, 1.807) is 0 Å². The first-order valence-electron chi connectivity index (χ1n) is 5.25. The summed E-state index contributed by atoms with van der Waals surface area (Å²) in [6.45, 7) is 7.46. The predicted octanol–water partition coefficient (Wildman–Crippen LogP) is 2.49. The molecule has 2 heteroatoms. The van der Waals surface area contributed by atoms with Crippen molar-refractivity contribution in [3.63, 3.8) is 0 Å². The van der Waals surface area contributed by atoms with Gasteiger partial charge in [-0.1, -0.05) is 13.0 Å². The quantitative estimate of drug-likeness (QED) is 0.442. The molecular weight excluding hydrogens is 162 g/mol. The molecule has 0 saturated heterocycles. The third-order valence-corrected chi connectivity index (χ3v) is 1.96. The zero-order valence-electron chi connectivity index (χ0n) is 8.80. The fourth-order valence-corrected chi connectivity index (χ4v) is 1.15. The lowest BCUT2D eigenvalue weighted by Crippen LogP contribution is -2.21. The molecule has 2 N–H and O–H groups in total. The minimum absolute atomic E-state index is 0.303. The van der Waals surface area contributed by atoms with Crippen LogP contribution in [0.25, 0.3) is 0 Å². The molecule has 2 nitrogen and oxygen atoms in total. The van der Waals surface area contributed by atoms with Crippen LogP contribution in [0.3, 0.4) is 0 Å². The molecule has 0 aromatic carbocycles. The average Bonchev–Trinajstić information content (AvgIpc) is 2.13. The van der Waals surface area contributed by atoms with Crippen molar-refractivity contribution in [1.82, 2.24) is 0 Å². The number of hydrogen-bond acceptors (Lipinski definition) is 2. The summed E-state index contributed by atoms with van der Waals surface area (Å²) in [5, 5.41) is 0. The number of ether oxygens (including phenoxy) is 1. The summed E-state index contributed by atoms with van der Waals surface area (Å²) in [5.41, 5.74) is 5.88. The molecule has 78 valence electrons. The second-order valence-corrected chi connectivity index (χ2v) is 3.38. The van der Waals surface area contributed by atoms with Gasteiger partial charge in [-0.2, -0.15) is 0 Å². The van der Waals surface area contributed by atoms with Crippen molar-refractivity contribution < 1.29 is 4.74 Å². The topological polar surface area (TPSA) is 35.2 Å². The van der Waals surface area contributed by atoms with Gasteiger partial charge in [0.1, 0.15) is 0 Å². The number of nitrogens with two attached hydrogens (primary N) is 1. The maximum absolute atomic E-state index is 5.88. The standard InChI is InChI=1S/C11H23NO/c1-3-5-6-7-11(12)8-10-13-9-4-2/h3,11H,1,4-10,12H2,2H3. The van der Waals surface area contributed by atoms with Gasteiger partial charge in [0.25, 0.3) is 0 Å². The average molecular weight is 185 g/mol. The lowest BCUT2D eigenvalue weighted by atomic mass is 10.1. The molecule has 0 fully saturated rings. The second kappa shape index (κ2) is 9.75. The first kappa shape index (κ1) is 12.7. The highest BCUT2D eigenvalue weighted by molar-refractivity contribution is 4.68. The highest BCUT2D eigenvalue weighted by Crippen LogP contribution is 2.02. The van der Waals surface area contributed by atoms with Gasteiger partial charge in [-0.25, -0.2) is 0 Å². The Kier molecular flexibility index (Phi) is 9.49. The van der Waals surface area contributed by atoms with Gasteiger partial charge in [0, 0.05) is 19.3 Å². The highest BCUT2D eigenvalue weighted by atomic mass is 16.5. The van der Waals surface area contributed by atoms with Gasteiger partial charge in [0.15, 0.2) is 0 Å². The molecule has 0 aliphatic rings. The molecule has 0 aromatic rings. The molecule has 0 aliphatic carbocycles. The van der Waals surface area contributed by atoms with Crippen LogP contribution in [0, 0.1) is 0 Å². The van der Waals surface area contributed by atoms with Crippen LogP contribution < -0.4 is 5.73 Å². The molecule has 0 rings (SSSR count). The van der Waals surface area contributed by atoms with E-state index in [9.17, 15) is 0 Å². The summed E-state index contributed by atoms with van der Waals surface area (Å²) in [5.74, 6) is 0. The Morgan fingerprint density at radius 2 is 2.15 bits per heavy atom. The van der Waals surface area contributed by atoms with Gasteiger partial charge < -0.3 is 10.5 Å². The smallest absolute Gasteiger partial charge is 0.0480 e. The molecule has 0 radical (unpaired) electrons. The molecular formula is C11H23NO. The molecule has 0 bridgehead atoms. The lowest BCUT2D eigenvalue weighted by molar-refractivity contribution is 0.127. The highest BCUT2D eigenvalue weighted by Gasteiger charge is 2.00. The van der Waals surface area contributed by atoms with Gasteiger partial charge in [0.2, 0.25) is 0 Å². The van der Waals surface area contributed by atoms with Gasteiger partial charge in [-0.15, -0.1) is 6.58 Å². The minimum atomic E-state index is 0.303. The van der Waals surface area contributed by atoms with E-state index in [0.717, 1.165) is 45.3 Å². The van der Waals surface area contributed by atoms with Crippen molar-refractivity contribution in [2.45, 2.75) is 45.1 Å². The monoisotopic (exact) mass is 185 g/mol. The van der Waals surface area contributed by atoms with Crippen LogP contribution in [0.1, 0.15) is 39.0 Å². The number of allylic oxidation sites excluding steroid dienone is 1. The molecule has 0 aromatic heterocycles. The molecule has 1 unspecified atom stereocenters. The van der Waals surface area contributed by atoms with E-state index in [1.165, 1.54) is 0 Å². The number of rotatable bonds is 9.